The molecule has 1 saturated heterocycles. The van der Waals surface area contributed by atoms with Gasteiger partial charge in [-0.25, -0.2) is 0 Å². The molecule has 0 bridgehead atoms. The largest absolute Gasteiger partial charge is 0.304 e. The highest BCUT2D eigenvalue weighted by molar-refractivity contribution is 5.10. The molecule has 0 amide bonds. The first-order chi connectivity index (χ1) is 8.57. The average Bonchev–Trinajstić information content (AvgIpc) is 2.39. The van der Waals surface area contributed by atoms with Gasteiger partial charge in [-0.2, -0.15) is 5.26 Å². The second kappa shape index (κ2) is 5.56. The number of likely N-dealkylation sites (N-methyl/N-ethyl adjacent to an activating group) is 1. The molecule has 2 aliphatic rings. The minimum atomic E-state index is -0.205. The quantitative estimate of drug-likeness (QED) is 0.732. The van der Waals surface area contributed by atoms with Crippen LogP contribution in [0.3, 0.4) is 0 Å². The molecule has 1 aliphatic carbocycles. The average molecular weight is 250 g/mol. The second-order valence-electron chi connectivity index (χ2n) is 6.11. The van der Waals surface area contributed by atoms with Crippen molar-refractivity contribution >= 4 is 0 Å². The van der Waals surface area contributed by atoms with E-state index in [1.54, 1.807) is 0 Å². The van der Waals surface area contributed by atoms with E-state index < -0.39 is 0 Å². The van der Waals surface area contributed by atoms with Crippen LogP contribution in [-0.4, -0.2) is 73.6 Å². The zero-order valence-electron chi connectivity index (χ0n) is 12.0. The van der Waals surface area contributed by atoms with Crippen LogP contribution in [0.25, 0.3) is 0 Å². The number of piperazine rings is 1. The van der Waals surface area contributed by atoms with E-state index in [1.165, 1.54) is 39.0 Å². The van der Waals surface area contributed by atoms with Crippen molar-refractivity contribution in [3.05, 3.63) is 0 Å². The lowest BCUT2D eigenvalue weighted by Gasteiger charge is -2.45. The molecule has 18 heavy (non-hydrogen) atoms. The third-order valence-electron chi connectivity index (χ3n) is 4.90. The molecule has 4 nitrogen and oxygen atoms in total. The Kier molecular flexibility index (Phi) is 4.26. The Morgan fingerprint density at radius 1 is 1.11 bits per heavy atom. The molecule has 4 heteroatoms. The van der Waals surface area contributed by atoms with Gasteiger partial charge in [0.05, 0.1) is 6.07 Å². The van der Waals surface area contributed by atoms with Crippen LogP contribution in [0.5, 0.6) is 0 Å². The number of nitriles is 1. The molecule has 0 radical (unpaired) electrons. The highest BCUT2D eigenvalue weighted by atomic mass is 15.3. The Morgan fingerprint density at radius 2 is 1.67 bits per heavy atom. The van der Waals surface area contributed by atoms with Crippen molar-refractivity contribution in [3.8, 4) is 6.07 Å². The Labute approximate surface area is 111 Å². The molecule has 0 atom stereocenters. The first-order valence-corrected chi connectivity index (χ1v) is 7.09. The van der Waals surface area contributed by atoms with E-state index in [9.17, 15) is 5.26 Å². The highest BCUT2D eigenvalue weighted by Gasteiger charge is 2.39. The van der Waals surface area contributed by atoms with Crippen molar-refractivity contribution in [1.82, 2.24) is 14.7 Å². The first kappa shape index (κ1) is 13.8. The Morgan fingerprint density at radius 3 is 2.11 bits per heavy atom. The monoisotopic (exact) mass is 250 g/mol. The van der Waals surface area contributed by atoms with Crippen molar-refractivity contribution in [2.75, 3.05) is 47.3 Å². The molecule has 0 spiro atoms. The van der Waals surface area contributed by atoms with E-state index in [4.69, 9.17) is 0 Å². The van der Waals surface area contributed by atoms with Crippen LogP contribution in [0.4, 0.5) is 0 Å². The van der Waals surface area contributed by atoms with Crippen LogP contribution in [0.2, 0.25) is 0 Å². The smallest absolute Gasteiger partial charge is 0.108 e. The van der Waals surface area contributed by atoms with Crippen LogP contribution in [0.15, 0.2) is 0 Å². The number of rotatable bonds is 2. The normalized spacial score (nSPS) is 35.6. The summed E-state index contributed by atoms with van der Waals surface area (Å²) in [5.41, 5.74) is -0.205. The van der Waals surface area contributed by atoms with Crippen molar-refractivity contribution in [3.63, 3.8) is 0 Å². The molecule has 0 aromatic carbocycles. The summed E-state index contributed by atoms with van der Waals surface area (Å²) in [4.78, 5) is 7.16. The molecule has 1 aliphatic heterocycles. The Bertz CT molecular complexity index is 304. The SMILES string of the molecule is CN1CCN(C2CCC(C#N)(N(C)C)CC2)CC1. The van der Waals surface area contributed by atoms with E-state index in [-0.39, 0.29) is 5.54 Å². The van der Waals surface area contributed by atoms with Gasteiger partial charge in [0.15, 0.2) is 0 Å². The van der Waals surface area contributed by atoms with Crippen molar-refractivity contribution in [2.24, 2.45) is 0 Å². The summed E-state index contributed by atoms with van der Waals surface area (Å²) in [6, 6.07) is 3.26. The molecule has 1 heterocycles. The Balaban J connectivity index is 1.89. The highest BCUT2D eigenvalue weighted by Crippen LogP contribution is 2.34. The van der Waals surface area contributed by atoms with Gasteiger partial charge in [-0.15, -0.1) is 0 Å². The van der Waals surface area contributed by atoms with Gasteiger partial charge in [0.1, 0.15) is 5.54 Å². The van der Waals surface area contributed by atoms with Crippen LogP contribution < -0.4 is 0 Å². The van der Waals surface area contributed by atoms with Crippen molar-refractivity contribution < 1.29 is 0 Å². The fourth-order valence-electron chi connectivity index (χ4n) is 3.29. The van der Waals surface area contributed by atoms with Crippen molar-refractivity contribution in [1.29, 1.82) is 5.26 Å². The van der Waals surface area contributed by atoms with Gasteiger partial charge in [0.2, 0.25) is 0 Å². The third kappa shape index (κ3) is 2.69. The molecular formula is C14H26N4. The lowest BCUT2D eigenvalue weighted by atomic mass is 9.79. The minimum Gasteiger partial charge on any atom is -0.304 e. The first-order valence-electron chi connectivity index (χ1n) is 7.09. The standard InChI is InChI=1S/C14H26N4/c1-16(2)14(12-15)6-4-13(5-7-14)18-10-8-17(3)9-11-18/h13H,4-11H2,1-3H3. The third-order valence-corrected chi connectivity index (χ3v) is 4.90. The number of nitrogens with zero attached hydrogens (tertiary/aromatic N) is 4. The van der Waals surface area contributed by atoms with Gasteiger partial charge in [0, 0.05) is 32.2 Å². The van der Waals surface area contributed by atoms with Gasteiger partial charge < -0.3 is 4.90 Å². The summed E-state index contributed by atoms with van der Waals surface area (Å²) in [6.45, 7) is 4.77. The lowest BCUT2D eigenvalue weighted by molar-refractivity contribution is 0.0562. The molecule has 1 saturated carbocycles. The van der Waals surface area contributed by atoms with Gasteiger partial charge in [-0.3, -0.25) is 9.80 Å². The van der Waals surface area contributed by atoms with E-state index in [0.717, 1.165) is 12.8 Å². The van der Waals surface area contributed by atoms with Crippen molar-refractivity contribution in [2.45, 2.75) is 37.3 Å². The maximum atomic E-state index is 9.43. The summed E-state index contributed by atoms with van der Waals surface area (Å²) >= 11 is 0. The summed E-state index contributed by atoms with van der Waals surface area (Å²) in [7, 11) is 6.28. The molecular weight excluding hydrogens is 224 g/mol. The fourth-order valence-corrected chi connectivity index (χ4v) is 3.29. The molecule has 0 aromatic heterocycles. The summed E-state index contributed by atoms with van der Waals surface area (Å²) in [5, 5.41) is 9.43. The van der Waals surface area contributed by atoms with E-state index in [2.05, 4.69) is 27.8 Å². The fraction of sp³-hybridized carbons (Fsp3) is 0.929. The van der Waals surface area contributed by atoms with Crippen LogP contribution in [0.1, 0.15) is 25.7 Å². The Hall–Kier alpha value is -0.630. The summed E-state index contributed by atoms with van der Waals surface area (Å²) < 4.78 is 0. The van der Waals surface area contributed by atoms with E-state index in [1.807, 2.05) is 14.1 Å². The molecule has 0 N–H and O–H groups in total. The lowest BCUT2D eigenvalue weighted by Crippen LogP contribution is -2.53. The van der Waals surface area contributed by atoms with E-state index >= 15 is 0 Å². The predicted octanol–water partition coefficient (Wildman–Crippen LogP) is 1.00. The molecule has 0 unspecified atom stereocenters. The zero-order chi connectivity index (χ0) is 13.2. The van der Waals surface area contributed by atoms with E-state index in [0.29, 0.717) is 6.04 Å². The number of hydrogen-bond acceptors (Lipinski definition) is 4. The molecule has 102 valence electrons. The van der Waals surface area contributed by atoms with Crippen LogP contribution >= 0.6 is 0 Å². The van der Waals surface area contributed by atoms with Gasteiger partial charge >= 0.3 is 0 Å². The second-order valence-corrected chi connectivity index (χ2v) is 6.11. The minimum absolute atomic E-state index is 0.205. The molecule has 0 aromatic rings. The maximum absolute atomic E-state index is 9.43. The molecule has 2 fully saturated rings. The summed E-state index contributed by atoms with van der Waals surface area (Å²) in [6.07, 6.45) is 4.39. The van der Waals surface area contributed by atoms with Gasteiger partial charge in [-0.1, -0.05) is 0 Å². The predicted molar refractivity (Wildman–Crippen MR) is 73.4 cm³/mol. The van der Waals surface area contributed by atoms with Gasteiger partial charge in [-0.05, 0) is 46.8 Å². The van der Waals surface area contributed by atoms with Gasteiger partial charge in [0.25, 0.3) is 0 Å². The van der Waals surface area contributed by atoms with Crippen LogP contribution in [-0.2, 0) is 0 Å². The zero-order valence-corrected chi connectivity index (χ0v) is 12.0. The molecule has 2 rings (SSSR count). The topological polar surface area (TPSA) is 33.5 Å². The maximum Gasteiger partial charge on any atom is 0.108 e. The summed E-state index contributed by atoms with van der Waals surface area (Å²) in [5.74, 6) is 0. The number of hydrogen-bond donors (Lipinski definition) is 0. The van der Waals surface area contributed by atoms with Crippen LogP contribution in [0, 0.1) is 11.3 Å².